The highest BCUT2D eigenvalue weighted by molar-refractivity contribution is 6.23. The number of ether oxygens (including phenoxy) is 1. The summed E-state index contributed by atoms with van der Waals surface area (Å²) in [5, 5.41) is 0. The lowest BCUT2D eigenvalue weighted by atomic mass is 9.85. The van der Waals surface area contributed by atoms with Crippen LogP contribution in [-0.4, -0.2) is 18.4 Å². The molecule has 1 saturated carbocycles. The Balaban J connectivity index is 1.76. The van der Waals surface area contributed by atoms with Crippen LogP contribution in [-0.2, 0) is 9.59 Å². The van der Waals surface area contributed by atoms with Gasteiger partial charge in [0.15, 0.2) is 0 Å². The van der Waals surface area contributed by atoms with Gasteiger partial charge in [0.25, 0.3) is 0 Å². The van der Waals surface area contributed by atoms with Gasteiger partial charge in [0.2, 0.25) is 11.8 Å². The second-order valence-corrected chi connectivity index (χ2v) is 6.86. The predicted octanol–water partition coefficient (Wildman–Crippen LogP) is 3.34. The van der Waals surface area contributed by atoms with Gasteiger partial charge in [-0.25, -0.2) is 4.90 Å². The van der Waals surface area contributed by atoms with Crippen LogP contribution in [0.5, 0.6) is 5.75 Å². The maximum Gasteiger partial charge on any atom is 0.238 e. The molecule has 4 heteroatoms. The molecule has 0 radical (unpaired) electrons. The number of benzene rings is 1. The van der Waals surface area contributed by atoms with E-state index in [1.165, 1.54) is 16.0 Å². The Labute approximate surface area is 141 Å². The quantitative estimate of drug-likeness (QED) is 0.633. The molecule has 2 bridgehead atoms. The second-order valence-electron chi connectivity index (χ2n) is 6.86. The highest BCUT2D eigenvalue weighted by atomic mass is 16.5. The Morgan fingerprint density at radius 2 is 1.62 bits per heavy atom. The van der Waals surface area contributed by atoms with Gasteiger partial charge in [-0.15, -0.1) is 0 Å². The molecule has 24 heavy (non-hydrogen) atoms. The number of anilines is 1. The largest absolute Gasteiger partial charge is 0.492 e. The van der Waals surface area contributed by atoms with Gasteiger partial charge in [0.05, 0.1) is 24.1 Å². The van der Waals surface area contributed by atoms with E-state index in [1.54, 1.807) is 6.07 Å². The molecule has 124 valence electrons. The molecule has 2 amide bonds. The lowest BCUT2D eigenvalue weighted by Crippen LogP contribution is -2.33. The summed E-state index contributed by atoms with van der Waals surface area (Å²) in [7, 11) is 0. The first-order valence-electron chi connectivity index (χ1n) is 8.51. The fourth-order valence-corrected chi connectivity index (χ4v) is 4.59. The van der Waals surface area contributed by atoms with Crippen molar-refractivity contribution in [2.75, 3.05) is 11.5 Å². The van der Waals surface area contributed by atoms with E-state index >= 15 is 0 Å². The molecule has 1 aromatic rings. The molecule has 0 aromatic heterocycles. The maximum atomic E-state index is 13.1. The molecular formula is C20H21NO3. The highest BCUT2D eigenvalue weighted by Gasteiger charge is 2.62. The smallest absolute Gasteiger partial charge is 0.238 e. The average Bonchev–Trinajstić information content (AvgIpc) is 3.19. The summed E-state index contributed by atoms with van der Waals surface area (Å²) in [6.45, 7) is 6.53. The van der Waals surface area contributed by atoms with Crippen molar-refractivity contribution in [1.29, 1.82) is 0 Å². The van der Waals surface area contributed by atoms with Crippen LogP contribution in [0.3, 0.4) is 0 Å². The Kier molecular flexibility index (Phi) is 3.37. The van der Waals surface area contributed by atoms with Crippen molar-refractivity contribution in [3.05, 3.63) is 47.6 Å². The molecule has 0 unspecified atom stereocenters. The first-order chi connectivity index (χ1) is 11.6. The lowest BCUT2D eigenvalue weighted by molar-refractivity contribution is -0.123. The van der Waals surface area contributed by atoms with E-state index in [1.807, 2.05) is 25.1 Å². The number of hydrogen-bond donors (Lipinski definition) is 0. The predicted molar refractivity (Wildman–Crippen MR) is 91.6 cm³/mol. The number of rotatable bonds is 3. The van der Waals surface area contributed by atoms with E-state index in [0.29, 0.717) is 18.0 Å². The normalized spacial score (nSPS) is 30.3. The van der Waals surface area contributed by atoms with Crippen LogP contribution in [0.15, 0.2) is 47.6 Å². The number of fused-ring (bicyclic) bond motifs is 5. The minimum absolute atomic E-state index is 0.0747. The van der Waals surface area contributed by atoms with Gasteiger partial charge in [0.1, 0.15) is 5.75 Å². The standard InChI is InChI=1S/C20H21NO3/c1-4-24-15-8-6-5-7-14(15)21-19(22)17-12-9-10-13(16(12)11(2)3)18(17)20(21)23/h5-10,12-13,17-18H,4H2,1-3H3/t12-,13+,17+,18-. The van der Waals surface area contributed by atoms with E-state index < -0.39 is 0 Å². The van der Waals surface area contributed by atoms with Gasteiger partial charge in [0, 0.05) is 11.8 Å². The first kappa shape index (κ1) is 15.2. The number of carbonyl (C=O) groups is 2. The molecular weight excluding hydrogens is 302 g/mol. The summed E-state index contributed by atoms with van der Waals surface area (Å²) in [6.07, 6.45) is 4.22. The molecule has 3 aliphatic rings. The van der Waals surface area contributed by atoms with Crippen LogP contribution in [0.4, 0.5) is 5.69 Å². The molecule has 0 spiro atoms. The summed E-state index contributed by atoms with van der Waals surface area (Å²) in [5.74, 6) is 0.0421. The van der Waals surface area contributed by atoms with Crippen LogP contribution < -0.4 is 9.64 Å². The topological polar surface area (TPSA) is 46.6 Å². The Bertz CT molecular complexity index is 754. The highest BCUT2D eigenvalue weighted by Crippen LogP contribution is 2.57. The third-order valence-corrected chi connectivity index (χ3v) is 5.40. The summed E-state index contributed by atoms with van der Waals surface area (Å²) < 4.78 is 5.63. The minimum Gasteiger partial charge on any atom is -0.492 e. The van der Waals surface area contributed by atoms with Gasteiger partial charge in [-0.2, -0.15) is 0 Å². The molecule has 1 aromatic carbocycles. The number of carbonyl (C=O) groups excluding carboxylic acids is 2. The van der Waals surface area contributed by atoms with Crippen molar-refractivity contribution in [1.82, 2.24) is 0 Å². The molecule has 2 fully saturated rings. The number of amides is 2. The molecule has 4 rings (SSSR count). The van der Waals surface area contributed by atoms with E-state index in [0.717, 1.165) is 0 Å². The monoisotopic (exact) mass is 323 g/mol. The van der Waals surface area contributed by atoms with E-state index in [2.05, 4.69) is 26.0 Å². The average molecular weight is 323 g/mol. The number of para-hydroxylation sites is 2. The van der Waals surface area contributed by atoms with Gasteiger partial charge in [-0.05, 0) is 32.9 Å². The number of imide groups is 1. The molecule has 2 aliphatic carbocycles. The Morgan fingerprint density at radius 1 is 1.04 bits per heavy atom. The van der Waals surface area contributed by atoms with Crippen LogP contribution in [0, 0.1) is 23.7 Å². The lowest BCUT2D eigenvalue weighted by Gasteiger charge is -2.21. The Morgan fingerprint density at radius 3 is 2.17 bits per heavy atom. The third-order valence-electron chi connectivity index (χ3n) is 5.40. The summed E-state index contributed by atoms with van der Waals surface area (Å²) in [6, 6.07) is 7.29. The zero-order valence-electron chi connectivity index (χ0n) is 14.2. The SMILES string of the molecule is CCOc1ccccc1N1C(=O)[C@@H]2[C@H](C1=O)[C@H]1C=C[C@@H]2C1=C(C)C. The van der Waals surface area contributed by atoms with Crippen molar-refractivity contribution in [2.24, 2.45) is 23.7 Å². The minimum atomic E-state index is -0.257. The number of allylic oxidation sites excluding steroid dienone is 4. The van der Waals surface area contributed by atoms with Crippen molar-refractivity contribution in [3.8, 4) is 5.75 Å². The van der Waals surface area contributed by atoms with Gasteiger partial charge >= 0.3 is 0 Å². The zero-order valence-corrected chi connectivity index (χ0v) is 14.2. The second kappa shape index (κ2) is 5.33. The molecule has 4 atom stereocenters. The van der Waals surface area contributed by atoms with Crippen molar-refractivity contribution in [2.45, 2.75) is 20.8 Å². The van der Waals surface area contributed by atoms with E-state index in [4.69, 9.17) is 4.74 Å². The summed E-state index contributed by atoms with van der Waals surface area (Å²) in [5.41, 5.74) is 3.07. The fourth-order valence-electron chi connectivity index (χ4n) is 4.59. The third kappa shape index (κ3) is 1.86. The first-order valence-corrected chi connectivity index (χ1v) is 8.51. The van der Waals surface area contributed by atoms with Crippen LogP contribution in [0.1, 0.15) is 20.8 Å². The molecule has 1 saturated heterocycles. The Hall–Kier alpha value is -2.36. The van der Waals surface area contributed by atoms with Crippen LogP contribution in [0.2, 0.25) is 0 Å². The number of hydrogen-bond acceptors (Lipinski definition) is 3. The van der Waals surface area contributed by atoms with E-state index in [-0.39, 0.29) is 35.5 Å². The zero-order chi connectivity index (χ0) is 17.0. The van der Waals surface area contributed by atoms with Crippen LogP contribution >= 0.6 is 0 Å². The van der Waals surface area contributed by atoms with Crippen molar-refractivity contribution < 1.29 is 14.3 Å². The van der Waals surface area contributed by atoms with Gasteiger partial charge in [-0.1, -0.05) is 35.4 Å². The summed E-state index contributed by atoms with van der Waals surface area (Å²) >= 11 is 0. The molecule has 1 aliphatic heterocycles. The van der Waals surface area contributed by atoms with Gasteiger partial charge < -0.3 is 4.74 Å². The van der Waals surface area contributed by atoms with Crippen molar-refractivity contribution in [3.63, 3.8) is 0 Å². The molecule has 1 heterocycles. The molecule has 4 nitrogen and oxygen atoms in total. The molecule has 0 N–H and O–H groups in total. The van der Waals surface area contributed by atoms with Crippen molar-refractivity contribution >= 4 is 17.5 Å². The fraction of sp³-hybridized carbons (Fsp3) is 0.400. The maximum absolute atomic E-state index is 13.1. The summed E-state index contributed by atoms with van der Waals surface area (Å²) in [4.78, 5) is 27.6. The van der Waals surface area contributed by atoms with Crippen LogP contribution in [0.25, 0.3) is 0 Å². The van der Waals surface area contributed by atoms with E-state index in [9.17, 15) is 9.59 Å². The number of nitrogens with zero attached hydrogens (tertiary/aromatic N) is 1. The van der Waals surface area contributed by atoms with Gasteiger partial charge in [-0.3, -0.25) is 9.59 Å².